The van der Waals surface area contributed by atoms with Crippen molar-refractivity contribution in [3.8, 4) is 5.69 Å². The van der Waals surface area contributed by atoms with E-state index in [9.17, 15) is 4.79 Å². The minimum Gasteiger partial charge on any atom is -0.478 e. The fourth-order valence-electron chi connectivity index (χ4n) is 2.05. The number of nitrogens with zero attached hydrogens (tertiary/aromatic N) is 2. The summed E-state index contributed by atoms with van der Waals surface area (Å²) in [7, 11) is 0. The summed E-state index contributed by atoms with van der Waals surface area (Å²) in [5, 5.41) is 13.3. The van der Waals surface area contributed by atoms with Crippen LogP contribution in [0.15, 0.2) is 24.4 Å². The number of benzene rings is 1. The average molecular weight is 244 g/mol. The molecule has 94 valence electrons. The van der Waals surface area contributed by atoms with Gasteiger partial charge in [0.2, 0.25) is 0 Å². The molecule has 0 bridgehead atoms. The van der Waals surface area contributed by atoms with Crippen LogP contribution >= 0.6 is 0 Å². The number of aryl methyl sites for hydroxylation is 2. The van der Waals surface area contributed by atoms with Crippen molar-refractivity contribution >= 4 is 5.97 Å². The van der Waals surface area contributed by atoms with Crippen LogP contribution in [-0.2, 0) is 6.42 Å². The van der Waals surface area contributed by atoms with Crippen LogP contribution in [0.4, 0.5) is 0 Å². The second kappa shape index (κ2) is 4.64. The number of aromatic nitrogens is 2. The molecule has 0 amide bonds. The third-order valence-corrected chi connectivity index (χ3v) is 3.03. The molecule has 2 rings (SSSR count). The molecule has 4 nitrogen and oxygen atoms in total. The first-order valence-corrected chi connectivity index (χ1v) is 5.92. The summed E-state index contributed by atoms with van der Waals surface area (Å²) in [5.41, 5.74) is 4.16. The van der Waals surface area contributed by atoms with Crippen molar-refractivity contribution in [2.24, 2.45) is 0 Å². The van der Waals surface area contributed by atoms with Crippen LogP contribution in [0.25, 0.3) is 5.69 Å². The summed E-state index contributed by atoms with van der Waals surface area (Å²) in [4.78, 5) is 11.1. The van der Waals surface area contributed by atoms with Gasteiger partial charge in [-0.15, -0.1) is 0 Å². The molecule has 0 atom stereocenters. The maximum atomic E-state index is 11.1. The number of carbonyl (C=O) groups is 1. The van der Waals surface area contributed by atoms with Crippen molar-refractivity contribution in [1.82, 2.24) is 9.78 Å². The molecule has 2 aromatic rings. The second-order valence-electron chi connectivity index (χ2n) is 4.37. The Bertz CT molecular complexity index is 600. The number of hydrogen-bond acceptors (Lipinski definition) is 2. The number of hydrogen-bond donors (Lipinski definition) is 1. The van der Waals surface area contributed by atoms with Crippen molar-refractivity contribution in [3.05, 3.63) is 46.8 Å². The SMILES string of the molecule is CCc1c(C(=O)O)cnn1-c1cc(C)ccc1C. The van der Waals surface area contributed by atoms with E-state index in [1.165, 1.54) is 6.20 Å². The molecule has 1 heterocycles. The lowest BCUT2D eigenvalue weighted by molar-refractivity contribution is 0.0695. The molecule has 18 heavy (non-hydrogen) atoms. The zero-order chi connectivity index (χ0) is 13.3. The molecular formula is C14H16N2O2. The highest BCUT2D eigenvalue weighted by molar-refractivity contribution is 5.88. The average Bonchev–Trinajstić information content (AvgIpc) is 2.75. The molecule has 0 radical (unpaired) electrons. The molecule has 0 saturated heterocycles. The highest BCUT2D eigenvalue weighted by Gasteiger charge is 2.16. The molecule has 1 N–H and O–H groups in total. The number of rotatable bonds is 3. The van der Waals surface area contributed by atoms with Crippen molar-refractivity contribution in [1.29, 1.82) is 0 Å². The van der Waals surface area contributed by atoms with Gasteiger partial charge >= 0.3 is 5.97 Å². The van der Waals surface area contributed by atoms with Crippen molar-refractivity contribution in [3.63, 3.8) is 0 Å². The minimum atomic E-state index is -0.927. The molecule has 1 aromatic carbocycles. The van der Waals surface area contributed by atoms with Crippen LogP contribution in [-0.4, -0.2) is 20.9 Å². The lowest BCUT2D eigenvalue weighted by atomic mass is 10.1. The largest absolute Gasteiger partial charge is 0.478 e. The standard InChI is InChI=1S/C14H16N2O2/c1-4-12-11(14(17)18)8-15-16(12)13-7-9(2)5-6-10(13)3/h5-8H,4H2,1-3H3,(H,17,18). The zero-order valence-electron chi connectivity index (χ0n) is 10.8. The van der Waals surface area contributed by atoms with Gasteiger partial charge < -0.3 is 5.11 Å². The molecule has 0 aliphatic heterocycles. The van der Waals surface area contributed by atoms with Crippen LogP contribution in [0, 0.1) is 13.8 Å². The van der Waals surface area contributed by atoms with Gasteiger partial charge in [-0.05, 0) is 37.5 Å². The molecular weight excluding hydrogens is 228 g/mol. The summed E-state index contributed by atoms with van der Waals surface area (Å²) >= 11 is 0. The Morgan fingerprint density at radius 1 is 1.39 bits per heavy atom. The van der Waals surface area contributed by atoms with E-state index < -0.39 is 5.97 Å². The van der Waals surface area contributed by atoms with Crippen LogP contribution in [0.2, 0.25) is 0 Å². The van der Waals surface area contributed by atoms with Gasteiger partial charge in [0.05, 0.1) is 17.6 Å². The quantitative estimate of drug-likeness (QED) is 0.903. The number of carboxylic acids is 1. The summed E-state index contributed by atoms with van der Waals surface area (Å²) < 4.78 is 1.73. The predicted molar refractivity (Wildman–Crippen MR) is 69.4 cm³/mol. The molecule has 0 fully saturated rings. The van der Waals surface area contributed by atoms with Crippen LogP contribution in [0.1, 0.15) is 34.1 Å². The van der Waals surface area contributed by atoms with Crippen molar-refractivity contribution < 1.29 is 9.90 Å². The third-order valence-electron chi connectivity index (χ3n) is 3.03. The van der Waals surface area contributed by atoms with Gasteiger partial charge in [-0.3, -0.25) is 0 Å². The Balaban J connectivity index is 2.64. The van der Waals surface area contributed by atoms with Crippen LogP contribution < -0.4 is 0 Å². The Kier molecular flexibility index (Phi) is 3.19. The van der Waals surface area contributed by atoms with E-state index in [2.05, 4.69) is 5.10 Å². The highest BCUT2D eigenvalue weighted by atomic mass is 16.4. The molecule has 1 aromatic heterocycles. The Labute approximate surface area is 106 Å². The van der Waals surface area contributed by atoms with E-state index in [1.807, 2.05) is 39.0 Å². The number of aromatic carboxylic acids is 1. The van der Waals surface area contributed by atoms with E-state index >= 15 is 0 Å². The minimum absolute atomic E-state index is 0.276. The van der Waals surface area contributed by atoms with Crippen LogP contribution in [0.5, 0.6) is 0 Å². The van der Waals surface area contributed by atoms with Gasteiger partial charge in [-0.1, -0.05) is 19.1 Å². The molecule has 0 saturated carbocycles. The molecule has 4 heteroatoms. The summed E-state index contributed by atoms with van der Waals surface area (Å²) in [6.07, 6.45) is 2.05. The highest BCUT2D eigenvalue weighted by Crippen LogP contribution is 2.20. The van der Waals surface area contributed by atoms with E-state index in [0.29, 0.717) is 6.42 Å². The van der Waals surface area contributed by atoms with Gasteiger partial charge in [0.1, 0.15) is 5.56 Å². The first-order chi connectivity index (χ1) is 8.54. The maximum Gasteiger partial charge on any atom is 0.339 e. The lowest BCUT2D eigenvalue weighted by Gasteiger charge is -2.10. The fraction of sp³-hybridized carbons (Fsp3) is 0.286. The maximum absolute atomic E-state index is 11.1. The Morgan fingerprint density at radius 2 is 2.11 bits per heavy atom. The first-order valence-electron chi connectivity index (χ1n) is 5.92. The molecule has 0 spiro atoms. The topological polar surface area (TPSA) is 55.1 Å². The predicted octanol–water partition coefficient (Wildman–Crippen LogP) is 2.75. The summed E-state index contributed by atoms with van der Waals surface area (Å²) in [6, 6.07) is 6.07. The van der Waals surface area contributed by atoms with E-state index in [0.717, 1.165) is 22.5 Å². The second-order valence-corrected chi connectivity index (χ2v) is 4.37. The van der Waals surface area contributed by atoms with Gasteiger partial charge in [0, 0.05) is 0 Å². The number of carboxylic acid groups (broad SMARTS) is 1. The van der Waals surface area contributed by atoms with Crippen molar-refractivity contribution in [2.45, 2.75) is 27.2 Å². The van der Waals surface area contributed by atoms with E-state index in [1.54, 1.807) is 4.68 Å². The third kappa shape index (κ3) is 2.01. The smallest absolute Gasteiger partial charge is 0.339 e. The van der Waals surface area contributed by atoms with Gasteiger partial charge in [0.25, 0.3) is 0 Å². The Hall–Kier alpha value is -2.10. The van der Waals surface area contributed by atoms with E-state index in [4.69, 9.17) is 5.11 Å². The summed E-state index contributed by atoms with van der Waals surface area (Å²) in [6.45, 7) is 5.94. The molecule has 0 unspecified atom stereocenters. The van der Waals surface area contributed by atoms with Gasteiger partial charge in [-0.25, -0.2) is 9.48 Å². The van der Waals surface area contributed by atoms with Gasteiger partial charge in [0.15, 0.2) is 0 Å². The van der Waals surface area contributed by atoms with Crippen LogP contribution in [0.3, 0.4) is 0 Å². The van der Waals surface area contributed by atoms with E-state index in [-0.39, 0.29) is 5.56 Å². The van der Waals surface area contributed by atoms with Gasteiger partial charge in [-0.2, -0.15) is 5.10 Å². The molecule has 0 aliphatic carbocycles. The summed E-state index contributed by atoms with van der Waals surface area (Å²) in [5.74, 6) is -0.927. The zero-order valence-corrected chi connectivity index (χ0v) is 10.8. The monoisotopic (exact) mass is 244 g/mol. The lowest BCUT2D eigenvalue weighted by Crippen LogP contribution is -2.07. The molecule has 0 aliphatic rings. The Morgan fingerprint density at radius 3 is 2.72 bits per heavy atom. The van der Waals surface area contributed by atoms with Crippen molar-refractivity contribution in [2.75, 3.05) is 0 Å². The first kappa shape index (κ1) is 12.4. The fourth-order valence-corrected chi connectivity index (χ4v) is 2.05. The normalized spacial score (nSPS) is 10.6.